The predicted octanol–water partition coefficient (Wildman–Crippen LogP) is 1.08. The lowest BCUT2D eigenvalue weighted by Gasteiger charge is -2.32. The standard InChI is InChI=1S/C14H21N3O2S/c1-20(18,19)17-9-6-12(7-10-17)16-13-5-4-11-3-2-8-15-14(11)13/h2-3,8,12-13,16H,4-7,9-10H2,1H3. The summed E-state index contributed by atoms with van der Waals surface area (Å²) in [5.74, 6) is 0. The molecule has 0 spiro atoms. The van der Waals surface area contributed by atoms with Crippen molar-refractivity contribution in [3.05, 3.63) is 29.6 Å². The molecule has 0 bridgehead atoms. The molecule has 5 nitrogen and oxygen atoms in total. The summed E-state index contributed by atoms with van der Waals surface area (Å²) in [5, 5.41) is 3.66. The van der Waals surface area contributed by atoms with Crippen molar-refractivity contribution in [3.8, 4) is 0 Å². The molecule has 6 heteroatoms. The van der Waals surface area contributed by atoms with Crippen molar-refractivity contribution >= 4 is 10.0 Å². The molecule has 1 saturated heterocycles. The summed E-state index contributed by atoms with van der Waals surface area (Å²) >= 11 is 0. The van der Waals surface area contributed by atoms with Crippen LogP contribution in [0.4, 0.5) is 0 Å². The van der Waals surface area contributed by atoms with Crippen LogP contribution in [0, 0.1) is 0 Å². The highest BCUT2D eigenvalue weighted by molar-refractivity contribution is 7.88. The first-order valence-corrected chi connectivity index (χ1v) is 9.04. The van der Waals surface area contributed by atoms with E-state index in [2.05, 4.69) is 16.4 Å². The minimum Gasteiger partial charge on any atom is -0.306 e. The number of piperidine rings is 1. The third-order valence-electron chi connectivity index (χ3n) is 4.32. The van der Waals surface area contributed by atoms with E-state index in [1.807, 2.05) is 12.3 Å². The number of hydrogen-bond acceptors (Lipinski definition) is 4. The van der Waals surface area contributed by atoms with E-state index in [0.717, 1.165) is 25.7 Å². The lowest BCUT2D eigenvalue weighted by Crippen LogP contribution is -2.45. The number of pyridine rings is 1. The molecule has 1 unspecified atom stereocenters. The Kier molecular flexibility index (Phi) is 3.79. The van der Waals surface area contributed by atoms with Crippen LogP contribution in [0.1, 0.15) is 36.6 Å². The normalized spacial score (nSPS) is 24.8. The highest BCUT2D eigenvalue weighted by Gasteiger charge is 2.29. The Hall–Kier alpha value is -0.980. The molecular formula is C14H21N3O2S. The number of hydrogen-bond donors (Lipinski definition) is 1. The molecule has 1 N–H and O–H groups in total. The monoisotopic (exact) mass is 295 g/mol. The maximum Gasteiger partial charge on any atom is 0.211 e. The van der Waals surface area contributed by atoms with E-state index >= 15 is 0 Å². The van der Waals surface area contributed by atoms with Crippen molar-refractivity contribution in [1.82, 2.24) is 14.6 Å². The first-order chi connectivity index (χ1) is 9.54. The van der Waals surface area contributed by atoms with Gasteiger partial charge in [-0.05, 0) is 37.3 Å². The average Bonchev–Trinajstić information content (AvgIpc) is 2.82. The minimum absolute atomic E-state index is 0.334. The summed E-state index contributed by atoms with van der Waals surface area (Å²) < 4.78 is 24.6. The topological polar surface area (TPSA) is 62.3 Å². The molecule has 1 aromatic heterocycles. The molecule has 1 atom stereocenters. The van der Waals surface area contributed by atoms with Crippen molar-refractivity contribution in [2.45, 2.75) is 37.8 Å². The van der Waals surface area contributed by atoms with Crippen LogP contribution in [0.25, 0.3) is 0 Å². The van der Waals surface area contributed by atoms with Crippen molar-refractivity contribution < 1.29 is 8.42 Å². The second kappa shape index (κ2) is 5.42. The molecule has 2 heterocycles. The molecule has 1 fully saturated rings. The molecule has 0 amide bonds. The Labute approximate surface area is 120 Å². The maximum absolute atomic E-state index is 11.5. The largest absolute Gasteiger partial charge is 0.306 e. The minimum atomic E-state index is -3.03. The SMILES string of the molecule is CS(=O)(=O)N1CCC(NC2CCc3cccnc32)CC1. The number of aryl methyl sites for hydroxylation is 1. The zero-order valence-corrected chi connectivity index (χ0v) is 12.6. The summed E-state index contributed by atoms with van der Waals surface area (Å²) in [6.07, 6.45) is 7.09. The van der Waals surface area contributed by atoms with Gasteiger partial charge in [-0.2, -0.15) is 0 Å². The van der Waals surface area contributed by atoms with Crippen molar-refractivity contribution in [2.24, 2.45) is 0 Å². The van der Waals surface area contributed by atoms with Crippen LogP contribution in [0.5, 0.6) is 0 Å². The summed E-state index contributed by atoms with van der Waals surface area (Å²) in [6, 6.07) is 4.87. The maximum atomic E-state index is 11.5. The molecule has 110 valence electrons. The lowest BCUT2D eigenvalue weighted by molar-refractivity contribution is 0.273. The summed E-state index contributed by atoms with van der Waals surface area (Å²) in [5.41, 5.74) is 2.52. The molecular weight excluding hydrogens is 274 g/mol. The molecule has 20 heavy (non-hydrogen) atoms. The van der Waals surface area contributed by atoms with Gasteiger partial charge in [-0.15, -0.1) is 0 Å². The van der Waals surface area contributed by atoms with Crippen LogP contribution in [0.15, 0.2) is 18.3 Å². The fourth-order valence-electron chi connectivity index (χ4n) is 3.21. The van der Waals surface area contributed by atoms with Gasteiger partial charge >= 0.3 is 0 Å². The Balaban J connectivity index is 1.59. The Morgan fingerprint density at radius 3 is 2.75 bits per heavy atom. The van der Waals surface area contributed by atoms with E-state index in [0.29, 0.717) is 25.2 Å². The van der Waals surface area contributed by atoms with E-state index in [1.165, 1.54) is 17.5 Å². The number of aromatic nitrogens is 1. The highest BCUT2D eigenvalue weighted by atomic mass is 32.2. The van der Waals surface area contributed by atoms with Gasteiger partial charge in [0.15, 0.2) is 0 Å². The van der Waals surface area contributed by atoms with Gasteiger partial charge in [0.25, 0.3) is 0 Å². The molecule has 1 aliphatic carbocycles. The Bertz CT molecular complexity index is 580. The van der Waals surface area contributed by atoms with E-state index in [4.69, 9.17) is 0 Å². The van der Waals surface area contributed by atoms with Crippen LogP contribution in [-0.2, 0) is 16.4 Å². The van der Waals surface area contributed by atoms with Crippen LogP contribution < -0.4 is 5.32 Å². The van der Waals surface area contributed by atoms with Crippen LogP contribution in [0.3, 0.4) is 0 Å². The van der Waals surface area contributed by atoms with Crippen molar-refractivity contribution in [3.63, 3.8) is 0 Å². The molecule has 1 aliphatic heterocycles. The Morgan fingerprint density at radius 2 is 2.05 bits per heavy atom. The van der Waals surface area contributed by atoms with E-state index in [9.17, 15) is 8.42 Å². The van der Waals surface area contributed by atoms with Crippen LogP contribution in [-0.4, -0.2) is 43.1 Å². The van der Waals surface area contributed by atoms with Gasteiger partial charge in [0.2, 0.25) is 10.0 Å². The summed E-state index contributed by atoms with van der Waals surface area (Å²) in [4.78, 5) is 4.49. The van der Waals surface area contributed by atoms with Gasteiger partial charge in [0.05, 0.1) is 18.0 Å². The smallest absolute Gasteiger partial charge is 0.211 e. The number of rotatable bonds is 3. The van der Waals surface area contributed by atoms with E-state index in [1.54, 1.807) is 4.31 Å². The lowest BCUT2D eigenvalue weighted by atomic mass is 10.0. The van der Waals surface area contributed by atoms with E-state index in [-0.39, 0.29) is 0 Å². The second-order valence-corrected chi connectivity index (χ2v) is 7.72. The number of nitrogens with zero attached hydrogens (tertiary/aromatic N) is 2. The zero-order chi connectivity index (χ0) is 14.2. The van der Waals surface area contributed by atoms with Gasteiger partial charge in [0.1, 0.15) is 0 Å². The average molecular weight is 295 g/mol. The summed E-state index contributed by atoms with van der Waals surface area (Å²) in [7, 11) is -3.03. The molecule has 0 radical (unpaired) electrons. The fraction of sp³-hybridized carbons (Fsp3) is 0.643. The van der Waals surface area contributed by atoms with Crippen molar-refractivity contribution in [1.29, 1.82) is 0 Å². The quantitative estimate of drug-likeness (QED) is 0.906. The molecule has 0 aromatic carbocycles. The number of fused-ring (bicyclic) bond motifs is 1. The first kappa shape index (κ1) is 14.0. The van der Waals surface area contributed by atoms with Crippen LogP contribution in [0.2, 0.25) is 0 Å². The Morgan fingerprint density at radius 1 is 1.30 bits per heavy atom. The third-order valence-corrected chi connectivity index (χ3v) is 5.62. The number of sulfonamides is 1. The van der Waals surface area contributed by atoms with Crippen molar-refractivity contribution in [2.75, 3.05) is 19.3 Å². The second-order valence-electron chi connectivity index (χ2n) is 5.74. The van der Waals surface area contributed by atoms with Gasteiger partial charge in [0, 0.05) is 25.3 Å². The fourth-order valence-corrected chi connectivity index (χ4v) is 4.09. The van der Waals surface area contributed by atoms with Gasteiger partial charge in [-0.3, -0.25) is 4.98 Å². The van der Waals surface area contributed by atoms with Gasteiger partial charge in [-0.25, -0.2) is 12.7 Å². The molecule has 2 aliphatic rings. The van der Waals surface area contributed by atoms with Gasteiger partial charge in [-0.1, -0.05) is 6.07 Å². The van der Waals surface area contributed by atoms with E-state index < -0.39 is 10.0 Å². The number of nitrogens with one attached hydrogen (secondary N) is 1. The summed E-state index contributed by atoms with van der Waals surface area (Å²) in [6.45, 7) is 1.25. The third kappa shape index (κ3) is 2.87. The first-order valence-electron chi connectivity index (χ1n) is 7.19. The zero-order valence-electron chi connectivity index (χ0n) is 11.7. The molecule has 1 aromatic rings. The predicted molar refractivity (Wildman–Crippen MR) is 77.9 cm³/mol. The molecule has 3 rings (SSSR count). The van der Waals surface area contributed by atoms with Gasteiger partial charge < -0.3 is 5.32 Å². The molecule has 0 saturated carbocycles. The highest BCUT2D eigenvalue weighted by Crippen LogP contribution is 2.30. The van der Waals surface area contributed by atoms with Crippen LogP contribution >= 0.6 is 0 Å².